The SMILES string of the molecule is CCC(C)(C)Oc1ccc(S(=O)(=O)c2ccc(Oc3ccc(C4(c5ccc(OC(C)(C)C)cc5)c5ccccc5C(=O)N4C4=CCCC=C4)cc3)cc2)cc1. The van der Waals surface area contributed by atoms with Gasteiger partial charge in [-0.3, -0.25) is 9.69 Å². The van der Waals surface area contributed by atoms with Gasteiger partial charge in [0, 0.05) is 11.3 Å². The Morgan fingerprint density at radius 3 is 1.69 bits per heavy atom. The lowest BCUT2D eigenvalue weighted by molar-refractivity contribution is 0.0758. The second kappa shape index (κ2) is 14.6. The molecule has 0 spiro atoms. The van der Waals surface area contributed by atoms with Gasteiger partial charge in [0.2, 0.25) is 9.84 Å². The van der Waals surface area contributed by atoms with Crippen LogP contribution in [0.25, 0.3) is 0 Å². The Kier molecular flexibility index (Phi) is 9.99. The van der Waals surface area contributed by atoms with E-state index in [4.69, 9.17) is 14.2 Å². The number of hydrogen-bond donors (Lipinski definition) is 0. The van der Waals surface area contributed by atoms with E-state index in [1.807, 2.05) is 125 Å². The lowest BCUT2D eigenvalue weighted by atomic mass is 9.76. The summed E-state index contributed by atoms with van der Waals surface area (Å²) in [5.41, 5.74) is 2.51. The number of sulfone groups is 1. The first kappa shape index (κ1) is 37.7. The molecule has 1 heterocycles. The van der Waals surface area contributed by atoms with E-state index in [0.29, 0.717) is 22.8 Å². The zero-order valence-corrected chi connectivity index (χ0v) is 33.0. The molecule has 0 aromatic heterocycles. The molecule has 0 fully saturated rings. The van der Waals surface area contributed by atoms with Gasteiger partial charge in [-0.15, -0.1) is 0 Å². The average Bonchev–Trinajstić information content (AvgIpc) is 3.44. The summed E-state index contributed by atoms with van der Waals surface area (Å²) in [6.45, 7) is 12.1. The van der Waals surface area contributed by atoms with Crippen molar-refractivity contribution >= 4 is 15.7 Å². The van der Waals surface area contributed by atoms with Crippen LogP contribution in [0.2, 0.25) is 0 Å². The lowest BCUT2D eigenvalue weighted by Crippen LogP contribution is -2.45. The van der Waals surface area contributed by atoms with Crippen LogP contribution in [0, 0.1) is 0 Å². The maximum absolute atomic E-state index is 14.4. The van der Waals surface area contributed by atoms with E-state index in [2.05, 4.69) is 12.2 Å². The van der Waals surface area contributed by atoms with Crippen molar-refractivity contribution in [1.29, 1.82) is 0 Å². The molecule has 0 bridgehead atoms. The Hall–Kier alpha value is -5.60. The van der Waals surface area contributed by atoms with Crippen molar-refractivity contribution in [2.75, 3.05) is 0 Å². The third-order valence-corrected chi connectivity index (χ3v) is 11.8. The highest BCUT2D eigenvalue weighted by Crippen LogP contribution is 2.52. The van der Waals surface area contributed by atoms with E-state index < -0.39 is 15.4 Å². The van der Waals surface area contributed by atoms with Crippen molar-refractivity contribution < 1.29 is 27.4 Å². The number of nitrogens with zero attached hydrogens (tertiary/aromatic N) is 1. The van der Waals surface area contributed by atoms with Gasteiger partial charge in [-0.1, -0.05) is 61.5 Å². The average molecular weight is 754 g/mol. The number of benzene rings is 5. The van der Waals surface area contributed by atoms with Crippen molar-refractivity contribution in [3.8, 4) is 23.0 Å². The zero-order valence-electron chi connectivity index (χ0n) is 32.2. The first-order valence-corrected chi connectivity index (χ1v) is 20.2. The van der Waals surface area contributed by atoms with Crippen LogP contribution in [0.15, 0.2) is 155 Å². The molecule has 0 radical (unpaired) electrons. The molecule has 0 saturated carbocycles. The largest absolute Gasteiger partial charge is 0.488 e. The van der Waals surface area contributed by atoms with E-state index in [1.165, 1.54) is 0 Å². The highest BCUT2D eigenvalue weighted by atomic mass is 32.2. The van der Waals surface area contributed by atoms with E-state index in [-0.39, 0.29) is 26.9 Å². The molecule has 8 heteroatoms. The summed E-state index contributed by atoms with van der Waals surface area (Å²) >= 11 is 0. The fourth-order valence-electron chi connectivity index (χ4n) is 7.11. The fraction of sp³-hybridized carbons (Fsp3) is 0.255. The first-order valence-electron chi connectivity index (χ1n) is 18.7. The molecule has 7 nitrogen and oxygen atoms in total. The van der Waals surface area contributed by atoms with E-state index >= 15 is 0 Å². The van der Waals surface area contributed by atoms with Gasteiger partial charge < -0.3 is 14.2 Å². The van der Waals surface area contributed by atoms with Gasteiger partial charge in [0.15, 0.2) is 0 Å². The van der Waals surface area contributed by atoms with Crippen molar-refractivity contribution in [3.05, 3.63) is 168 Å². The number of allylic oxidation sites excluding steroid dienone is 3. The van der Waals surface area contributed by atoms with Gasteiger partial charge >= 0.3 is 0 Å². The third kappa shape index (κ3) is 7.43. The summed E-state index contributed by atoms with van der Waals surface area (Å²) in [5.74, 6) is 2.35. The van der Waals surface area contributed by atoms with E-state index in [0.717, 1.165) is 47.4 Å². The van der Waals surface area contributed by atoms with Gasteiger partial charge in [-0.05, 0) is 156 Å². The predicted octanol–water partition coefficient (Wildman–Crippen LogP) is 11.0. The molecule has 1 amide bonds. The molecule has 1 atom stereocenters. The Labute approximate surface area is 324 Å². The van der Waals surface area contributed by atoms with Crippen LogP contribution in [0.4, 0.5) is 0 Å². The number of amides is 1. The highest BCUT2D eigenvalue weighted by Gasteiger charge is 2.53. The van der Waals surface area contributed by atoms with Crippen LogP contribution in [-0.4, -0.2) is 30.4 Å². The molecule has 1 aliphatic heterocycles. The molecule has 0 N–H and O–H groups in total. The van der Waals surface area contributed by atoms with E-state index in [9.17, 15) is 13.2 Å². The Balaban J connectivity index is 1.20. The van der Waals surface area contributed by atoms with Crippen LogP contribution in [-0.2, 0) is 15.4 Å². The number of carbonyl (C=O) groups is 1. The molecular formula is C47H47NO6S. The molecule has 0 saturated heterocycles. The summed E-state index contributed by atoms with van der Waals surface area (Å²) in [7, 11) is -3.76. The third-order valence-electron chi connectivity index (χ3n) is 10.0. The number of rotatable bonds is 11. The quantitative estimate of drug-likeness (QED) is 0.134. The molecule has 5 aromatic carbocycles. The molecule has 1 aliphatic carbocycles. The number of carbonyl (C=O) groups excluding carboxylic acids is 1. The normalized spacial score (nSPS) is 17.1. The fourth-order valence-corrected chi connectivity index (χ4v) is 8.37. The maximum Gasteiger partial charge on any atom is 0.259 e. The summed E-state index contributed by atoms with van der Waals surface area (Å²) < 4.78 is 45.4. The van der Waals surface area contributed by atoms with Crippen LogP contribution in [0.5, 0.6) is 23.0 Å². The summed E-state index contributed by atoms with van der Waals surface area (Å²) in [4.78, 5) is 16.7. The highest BCUT2D eigenvalue weighted by molar-refractivity contribution is 7.91. The van der Waals surface area contributed by atoms with Crippen molar-refractivity contribution in [2.24, 2.45) is 0 Å². The molecule has 5 aromatic rings. The van der Waals surface area contributed by atoms with E-state index in [1.54, 1.807) is 48.5 Å². The minimum atomic E-state index is -3.76. The smallest absolute Gasteiger partial charge is 0.259 e. The molecule has 2 aliphatic rings. The molecule has 7 rings (SSSR count). The zero-order chi connectivity index (χ0) is 39.0. The van der Waals surface area contributed by atoms with Gasteiger partial charge in [-0.25, -0.2) is 8.42 Å². The summed E-state index contributed by atoms with van der Waals surface area (Å²) in [6, 6.07) is 36.5. The van der Waals surface area contributed by atoms with Crippen molar-refractivity contribution in [1.82, 2.24) is 4.90 Å². The van der Waals surface area contributed by atoms with Crippen LogP contribution >= 0.6 is 0 Å². The molecule has 1 unspecified atom stereocenters. The van der Waals surface area contributed by atoms with Crippen LogP contribution in [0.1, 0.15) is 87.9 Å². The number of fused-ring (bicyclic) bond motifs is 1. The second-order valence-electron chi connectivity index (χ2n) is 15.5. The standard InChI is InChI=1S/C47H47NO6S/c1-7-46(5,6)54-39-27-31-41(32-28-39)55(50,51)40-29-25-37(26-30-40)52-36-21-17-33(18-22-36)47(34-19-23-38(24-20-34)53-45(2,3)4)43-16-12-11-15-42(43)44(49)48(47)35-13-9-8-10-14-35/h9,11-32H,7-8,10H2,1-6H3. The summed E-state index contributed by atoms with van der Waals surface area (Å²) in [5, 5.41) is 0. The summed E-state index contributed by atoms with van der Waals surface area (Å²) in [6.07, 6.45) is 8.87. The monoisotopic (exact) mass is 753 g/mol. The molecular weight excluding hydrogens is 707 g/mol. The number of hydrogen-bond acceptors (Lipinski definition) is 6. The van der Waals surface area contributed by atoms with Gasteiger partial charge in [0.05, 0.1) is 9.79 Å². The van der Waals surface area contributed by atoms with Gasteiger partial charge in [0.25, 0.3) is 5.91 Å². The Morgan fingerprint density at radius 1 is 0.655 bits per heavy atom. The Bertz CT molecular complexity index is 2350. The number of ether oxygens (including phenoxy) is 3. The van der Waals surface area contributed by atoms with Gasteiger partial charge in [-0.2, -0.15) is 0 Å². The topological polar surface area (TPSA) is 82.1 Å². The van der Waals surface area contributed by atoms with Gasteiger partial charge in [0.1, 0.15) is 39.7 Å². The van der Waals surface area contributed by atoms with Crippen LogP contribution < -0.4 is 14.2 Å². The lowest BCUT2D eigenvalue weighted by Gasteiger charge is -2.41. The second-order valence-corrected chi connectivity index (χ2v) is 17.5. The van der Waals surface area contributed by atoms with Crippen molar-refractivity contribution in [3.63, 3.8) is 0 Å². The predicted molar refractivity (Wildman–Crippen MR) is 216 cm³/mol. The van der Waals surface area contributed by atoms with Crippen LogP contribution in [0.3, 0.4) is 0 Å². The molecule has 282 valence electrons. The minimum Gasteiger partial charge on any atom is -0.488 e. The Morgan fingerprint density at radius 2 is 1.16 bits per heavy atom. The first-order chi connectivity index (χ1) is 26.2. The van der Waals surface area contributed by atoms with Crippen molar-refractivity contribution in [2.45, 2.75) is 87.3 Å². The maximum atomic E-state index is 14.4. The molecule has 55 heavy (non-hydrogen) atoms. The minimum absolute atomic E-state index is 0.0662.